The summed E-state index contributed by atoms with van der Waals surface area (Å²) in [5.41, 5.74) is 0.321. The van der Waals surface area contributed by atoms with Gasteiger partial charge in [-0.1, -0.05) is 48.0 Å². The molecule has 0 aromatic heterocycles. The first kappa shape index (κ1) is 16.3. The lowest BCUT2D eigenvalue weighted by atomic mass is 9.90. The molecule has 120 valence electrons. The molecule has 4 unspecified atom stereocenters. The highest BCUT2D eigenvalue weighted by Gasteiger charge is 2.51. The molecule has 0 aromatic rings. The highest BCUT2D eigenvalue weighted by Crippen LogP contribution is 2.52. The fourth-order valence-electron chi connectivity index (χ4n) is 3.37. The summed E-state index contributed by atoms with van der Waals surface area (Å²) in [6.07, 6.45) is 2.04. The molecular weight excluding hydrogens is 264 g/mol. The zero-order chi connectivity index (χ0) is 15.9. The van der Waals surface area contributed by atoms with Gasteiger partial charge in [-0.15, -0.1) is 0 Å². The van der Waals surface area contributed by atoms with Crippen molar-refractivity contribution in [3.05, 3.63) is 0 Å². The number of carbonyl (C=O) groups excluding carboxylic acids is 2. The average Bonchev–Trinajstić information content (AvgIpc) is 2.99. The first-order valence-corrected chi connectivity index (χ1v) is 8.30. The summed E-state index contributed by atoms with van der Waals surface area (Å²) < 4.78 is 0. The van der Waals surface area contributed by atoms with Crippen molar-refractivity contribution in [3.63, 3.8) is 0 Å². The van der Waals surface area contributed by atoms with Crippen LogP contribution in [0.5, 0.6) is 0 Å². The second-order valence-corrected chi connectivity index (χ2v) is 7.94. The molecule has 1 saturated heterocycles. The van der Waals surface area contributed by atoms with E-state index < -0.39 is 0 Å². The van der Waals surface area contributed by atoms with E-state index in [9.17, 15) is 9.59 Å². The van der Waals surface area contributed by atoms with Crippen molar-refractivity contribution in [2.24, 2.45) is 23.2 Å². The van der Waals surface area contributed by atoms with Crippen LogP contribution in [0.1, 0.15) is 54.4 Å². The van der Waals surface area contributed by atoms with Gasteiger partial charge < -0.3 is 10.2 Å². The maximum Gasteiger partial charge on any atom is 0.246 e. The van der Waals surface area contributed by atoms with Crippen molar-refractivity contribution in [1.82, 2.24) is 10.2 Å². The summed E-state index contributed by atoms with van der Waals surface area (Å²) in [6.45, 7) is 13.4. The van der Waals surface area contributed by atoms with Gasteiger partial charge in [0.2, 0.25) is 11.8 Å². The third-order valence-electron chi connectivity index (χ3n) is 5.43. The van der Waals surface area contributed by atoms with E-state index in [0.717, 1.165) is 19.4 Å². The van der Waals surface area contributed by atoms with Gasteiger partial charge in [-0.05, 0) is 29.6 Å². The van der Waals surface area contributed by atoms with Crippen molar-refractivity contribution in [1.29, 1.82) is 0 Å². The van der Waals surface area contributed by atoms with Gasteiger partial charge in [0.1, 0.15) is 12.1 Å². The summed E-state index contributed by atoms with van der Waals surface area (Å²) >= 11 is 0. The third-order valence-corrected chi connectivity index (χ3v) is 5.43. The number of rotatable bonds is 5. The fraction of sp³-hybridized carbons (Fsp3) is 0.882. The van der Waals surface area contributed by atoms with Gasteiger partial charge in [0.15, 0.2) is 0 Å². The molecule has 4 atom stereocenters. The summed E-state index contributed by atoms with van der Waals surface area (Å²) in [7, 11) is 0. The van der Waals surface area contributed by atoms with E-state index in [1.807, 2.05) is 25.7 Å². The quantitative estimate of drug-likeness (QED) is 0.846. The van der Waals surface area contributed by atoms with E-state index in [4.69, 9.17) is 0 Å². The lowest BCUT2D eigenvalue weighted by molar-refractivity contribution is -0.153. The summed E-state index contributed by atoms with van der Waals surface area (Å²) in [5, 5.41) is 2.96. The third kappa shape index (κ3) is 3.09. The standard InChI is InChI=1S/C17H30N2O2/c1-7-11(4)13-16(21)19(9-12-8-17(12,5)6)14(10(2)3)15(20)18-13/h10-14H,7-9H2,1-6H3,(H,18,20). The normalized spacial score (nSPS) is 33.1. The molecule has 0 bridgehead atoms. The van der Waals surface area contributed by atoms with E-state index >= 15 is 0 Å². The smallest absolute Gasteiger partial charge is 0.246 e. The van der Waals surface area contributed by atoms with Crippen LogP contribution in [-0.2, 0) is 9.59 Å². The molecule has 1 heterocycles. The molecule has 2 amide bonds. The second-order valence-electron chi connectivity index (χ2n) is 7.94. The van der Waals surface area contributed by atoms with Gasteiger partial charge in [-0.3, -0.25) is 9.59 Å². The van der Waals surface area contributed by atoms with E-state index in [1.54, 1.807) is 0 Å². The monoisotopic (exact) mass is 294 g/mol. The molecule has 2 aliphatic rings. The molecule has 21 heavy (non-hydrogen) atoms. The molecule has 1 aliphatic carbocycles. The Morgan fingerprint density at radius 2 is 1.86 bits per heavy atom. The van der Waals surface area contributed by atoms with Crippen LogP contribution < -0.4 is 5.32 Å². The zero-order valence-corrected chi connectivity index (χ0v) is 14.3. The van der Waals surface area contributed by atoms with Crippen LogP contribution in [0.25, 0.3) is 0 Å². The Hall–Kier alpha value is -1.06. The van der Waals surface area contributed by atoms with Crippen molar-refractivity contribution in [2.45, 2.75) is 66.5 Å². The van der Waals surface area contributed by atoms with Gasteiger partial charge >= 0.3 is 0 Å². The maximum absolute atomic E-state index is 12.9. The number of carbonyl (C=O) groups is 2. The molecule has 4 nitrogen and oxygen atoms in total. The number of hydrogen-bond acceptors (Lipinski definition) is 2. The molecule has 4 heteroatoms. The van der Waals surface area contributed by atoms with Crippen LogP contribution in [0.4, 0.5) is 0 Å². The predicted molar refractivity (Wildman–Crippen MR) is 83.6 cm³/mol. The Balaban J connectivity index is 2.20. The molecular formula is C17H30N2O2. The minimum absolute atomic E-state index is 0.0216. The highest BCUT2D eigenvalue weighted by atomic mass is 16.2. The topological polar surface area (TPSA) is 49.4 Å². The number of piperazine rings is 1. The molecule has 0 radical (unpaired) electrons. The Labute approximate surface area is 128 Å². The molecule has 0 aromatic carbocycles. The van der Waals surface area contributed by atoms with Crippen LogP contribution in [-0.4, -0.2) is 35.3 Å². The first-order chi connectivity index (χ1) is 9.69. The minimum Gasteiger partial charge on any atom is -0.342 e. The lowest BCUT2D eigenvalue weighted by Gasteiger charge is -2.42. The van der Waals surface area contributed by atoms with Crippen molar-refractivity contribution < 1.29 is 9.59 Å². The predicted octanol–water partition coefficient (Wildman–Crippen LogP) is 2.43. The number of amides is 2. The van der Waals surface area contributed by atoms with Gasteiger partial charge in [0.05, 0.1) is 0 Å². The summed E-state index contributed by atoms with van der Waals surface area (Å²) in [5.74, 6) is 1.00. The maximum atomic E-state index is 12.9. The Morgan fingerprint density at radius 3 is 2.29 bits per heavy atom. The van der Waals surface area contributed by atoms with Crippen LogP contribution in [0.2, 0.25) is 0 Å². The molecule has 2 fully saturated rings. The van der Waals surface area contributed by atoms with Gasteiger partial charge in [0, 0.05) is 6.54 Å². The average molecular weight is 294 g/mol. The van der Waals surface area contributed by atoms with Crippen molar-refractivity contribution in [2.75, 3.05) is 6.54 Å². The Bertz CT molecular complexity index is 431. The Morgan fingerprint density at radius 1 is 1.29 bits per heavy atom. The number of nitrogens with one attached hydrogen (secondary N) is 1. The van der Waals surface area contributed by atoms with E-state index in [-0.39, 0.29) is 35.7 Å². The summed E-state index contributed by atoms with van der Waals surface area (Å²) in [6, 6.07) is -0.659. The number of hydrogen-bond donors (Lipinski definition) is 1. The molecule has 0 spiro atoms. The molecule has 1 N–H and O–H groups in total. The SMILES string of the molecule is CCC(C)C1NC(=O)C(C(C)C)N(CC2CC2(C)C)C1=O. The Kier molecular flexibility index (Phi) is 4.36. The first-order valence-electron chi connectivity index (χ1n) is 8.30. The van der Waals surface area contributed by atoms with Crippen LogP contribution in [0.3, 0.4) is 0 Å². The second kappa shape index (κ2) is 5.62. The van der Waals surface area contributed by atoms with Crippen LogP contribution in [0, 0.1) is 23.2 Å². The molecule has 2 rings (SSSR count). The van der Waals surface area contributed by atoms with Crippen LogP contribution in [0.15, 0.2) is 0 Å². The fourth-order valence-corrected chi connectivity index (χ4v) is 3.37. The van der Waals surface area contributed by atoms with E-state index in [0.29, 0.717) is 11.3 Å². The van der Waals surface area contributed by atoms with Crippen molar-refractivity contribution >= 4 is 11.8 Å². The zero-order valence-electron chi connectivity index (χ0n) is 14.3. The summed E-state index contributed by atoms with van der Waals surface area (Å²) in [4.78, 5) is 27.2. The van der Waals surface area contributed by atoms with Crippen LogP contribution >= 0.6 is 0 Å². The van der Waals surface area contributed by atoms with E-state index in [2.05, 4.69) is 26.1 Å². The van der Waals surface area contributed by atoms with E-state index in [1.165, 1.54) is 0 Å². The largest absolute Gasteiger partial charge is 0.342 e. The van der Waals surface area contributed by atoms with Crippen molar-refractivity contribution in [3.8, 4) is 0 Å². The molecule has 1 aliphatic heterocycles. The van der Waals surface area contributed by atoms with Gasteiger partial charge in [0.25, 0.3) is 0 Å². The minimum atomic E-state index is -0.348. The van der Waals surface area contributed by atoms with Gasteiger partial charge in [-0.25, -0.2) is 0 Å². The lowest BCUT2D eigenvalue weighted by Crippen LogP contribution is -2.66. The highest BCUT2D eigenvalue weighted by molar-refractivity contribution is 5.97. The van der Waals surface area contributed by atoms with Gasteiger partial charge in [-0.2, -0.15) is 0 Å². The number of nitrogens with zero attached hydrogens (tertiary/aromatic N) is 1. The molecule has 1 saturated carbocycles.